The highest BCUT2D eigenvalue weighted by atomic mass is 32.1. The zero-order valence-corrected chi connectivity index (χ0v) is 18.9. The van der Waals surface area contributed by atoms with Gasteiger partial charge in [0, 0.05) is 36.5 Å². The molecule has 4 rings (SSSR count). The van der Waals surface area contributed by atoms with Crippen LogP contribution in [-0.2, 0) is 25.8 Å². The lowest BCUT2D eigenvalue weighted by atomic mass is 9.97. The number of benzene rings is 1. The third-order valence-corrected chi connectivity index (χ3v) is 7.38. The Kier molecular flexibility index (Phi) is 6.48. The van der Waals surface area contributed by atoms with Crippen LogP contribution in [0.2, 0.25) is 0 Å². The van der Waals surface area contributed by atoms with Crippen LogP contribution in [0.3, 0.4) is 0 Å². The maximum Gasteiger partial charge on any atom is 0.269 e. The molecule has 0 aliphatic heterocycles. The van der Waals surface area contributed by atoms with E-state index >= 15 is 0 Å². The van der Waals surface area contributed by atoms with Crippen LogP contribution in [0, 0.1) is 10.1 Å². The van der Waals surface area contributed by atoms with E-state index in [1.807, 2.05) is 4.57 Å². The Morgan fingerprint density at radius 2 is 1.87 bits per heavy atom. The van der Waals surface area contributed by atoms with Crippen LogP contribution in [-0.4, -0.2) is 39.0 Å². The van der Waals surface area contributed by atoms with Gasteiger partial charge in [-0.3, -0.25) is 19.5 Å². The third kappa shape index (κ3) is 4.41. The zero-order chi connectivity index (χ0) is 22.0. The minimum Gasteiger partial charge on any atom is -0.302 e. The van der Waals surface area contributed by atoms with Crippen molar-refractivity contribution in [2.75, 3.05) is 19.6 Å². The van der Waals surface area contributed by atoms with Gasteiger partial charge < -0.3 is 4.90 Å². The van der Waals surface area contributed by atoms with E-state index in [1.165, 1.54) is 29.0 Å². The maximum absolute atomic E-state index is 13.6. The molecule has 0 bridgehead atoms. The molecule has 0 spiro atoms. The van der Waals surface area contributed by atoms with E-state index in [2.05, 4.69) is 18.7 Å². The summed E-state index contributed by atoms with van der Waals surface area (Å²) in [6.45, 7) is 7.51. The number of fused-ring (bicyclic) bond motifs is 3. The number of rotatable bonds is 8. The Morgan fingerprint density at radius 1 is 1.16 bits per heavy atom. The summed E-state index contributed by atoms with van der Waals surface area (Å²) in [5.74, 6) is 0.733. The lowest BCUT2D eigenvalue weighted by molar-refractivity contribution is -0.384. The first-order valence-electron chi connectivity index (χ1n) is 11.0. The highest BCUT2D eigenvalue weighted by Crippen LogP contribution is 2.34. The summed E-state index contributed by atoms with van der Waals surface area (Å²) in [7, 11) is 0. The molecule has 164 valence electrons. The molecule has 1 aliphatic rings. The number of thiophene rings is 1. The molecule has 0 N–H and O–H groups in total. The lowest BCUT2D eigenvalue weighted by Gasteiger charge is -2.20. The van der Waals surface area contributed by atoms with E-state index in [9.17, 15) is 14.9 Å². The Bertz CT molecular complexity index is 1150. The summed E-state index contributed by atoms with van der Waals surface area (Å²) in [6, 6.07) is 6.53. The number of hydrogen-bond donors (Lipinski definition) is 0. The standard InChI is InChI=1S/C23H28N4O3S/c1-3-25(4-2)13-14-26-20(15-16-9-11-17(12-10-16)27(29)30)24-22-21(23(26)28)18-7-5-6-8-19(18)31-22/h9-12H,3-8,13-15H2,1-2H3. The Morgan fingerprint density at radius 3 is 2.55 bits per heavy atom. The summed E-state index contributed by atoms with van der Waals surface area (Å²) >= 11 is 1.66. The quantitative estimate of drug-likeness (QED) is 0.388. The Balaban J connectivity index is 1.76. The molecule has 0 saturated heterocycles. The summed E-state index contributed by atoms with van der Waals surface area (Å²) in [4.78, 5) is 33.6. The largest absolute Gasteiger partial charge is 0.302 e. The van der Waals surface area contributed by atoms with Gasteiger partial charge in [0.05, 0.1) is 10.3 Å². The van der Waals surface area contributed by atoms with Crippen molar-refractivity contribution in [3.63, 3.8) is 0 Å². The number of nitrogens with zero attached hydrogens (tertiary/aromatic N) is 4. The van der Waals surface area contributed by atoms with E-state index in [4.69, 9.17) is 4.98 Å². The van der Waals surface area contributed by atoms with Crippen LogP contribution in [0.15, 0.2) is 29.1 Å². The van der Waals surface area contributed by atoms with Crippen LogP contribution in [0.5, 0.6) is 0 Å². The Labute approximate surface area is 185 Å². The highest BCUT2D eigenvalue weighted by molar-refractivity contribution is 7.18. The summed E-state index contributed by atoms with van der Waals surface area (Å²) in [5.41, 5.74) is 2.25. The molecule has 0 amide bonds. The number of non-ortho nitro benzene ring substituents is 1. The van der Waals surface area contributed by atoms with Gasteiger partial charge in [-0.05, 0) is 49.9 Å². The van der Waals surface area contributed by atoms with Gasteiger partial charge in [-0.2, -0.15) is 0 Å². The molecule has 0 radical (unpaired) electrons. The normalized spacial score (nSPS) is 13.6. The predicted octanol–water partition coefficient (Wildman–Crippen LogP) is 4.18. The number of hydrogen-bond acceptors (Lipinski definition) is 6. The van der Waals surface area contributed by atoms with Crippen molar-refractivity contribution in [2.45, 2.75) is 52.5 Å². The average molecular weight is 441 g/mol. The van der Waals surface area contributed by atoms with E-state index in [-0.39, 0.29) is 11.2 Å². The molecule has 0 saturated carbocycles. The first-order chi connectivity index (χ1) is 15.0. The molecule has 0 fully saturated rings. The van der Waals surface area contributed by atoms with Crippen LogP contribution in [0.25, 0.3) is 10.2 Å². The fraction of sp³-hybridized carbons (Fsp3) is 0.478. The topological polar surface area (TPSA) is 81.3 Å². The van der Waals surface area contributed by atoms with E-state index < -0.39 is 4.92 Å². The molecule has 8 heteroatoms. The summed E-state index contributed by atoms with van der Waals surface area (Å²) < 4.78 is 1.84. The molecule has 31 heavy (non-hydrogen) atoms. The second kappa shape index (κ2) is 9.28. The number of aryl methyl sites for hydroxylation is 2. The average Bonchev–Trinajstić information content (AvgIpc) is 3.15. The molecule has 1 aromatic carbocycles. The second-order valence-electron chi connectivity index (χ2n) is 8.00. The van der Waals surface area contributed by atoms with Gasteiger partial charge in [0.25, 0.3) is 11.2 Å². The van der Waals surface area contributed by atoms with Crippen molar-refractivity contribution < 1.29 is 4.92 Å². The van der Waals surface area contributed by atoms with Gasteiger partial charge in [-0.25, -0.2) is 4.98 Å². The zero-order valence-electron chi connectivity index (χ0n) is 18.1. The van der Waals surface area contributed by atoms with Gasteiger partial charge in [0.2, 0.25) is 0 Å². The van der Waals surface area contributed by atoms with Crippen molar-refractivity contribution in [1.82, 2.24) is 14.5 Å². The first kappa shape index (κ1) is 21.6. The maximum atomic E-state index is 13.6. The third-order valence-electron chi connectivity index (χ3n) is 6.20. The van der Waals surface area contributed by atoms with E-state index in [0.29, 0.717) is 13.0 Å². The molecule has 0 unspecified atom stereocenters. The smallest absolute Gasteiger partial charge is 0.269 e. The second-order valence-corrected chi connectivity index (χ2v) is 9.09. The molecule has 2 aromatic heterocycles. The molecule has 7 nitrogen and oxygen atoms in total. The molecule has 1 aliphatic carbocycles. The number of nitro groups is 1. The van der Waals surface area contributed by atoms with Crippen molar-refractivity contribution >= 4 is 27.2 Å². The molecule has 2 heterocycles. The molecular formula is C23H28N4O3S. The number of likely N-dealkylation sites (N-methyl/N-ethyl adjacent to an activating group) is 1. The highest BCUT2D eigenvalue weighted by Gasteiger charge is 2.22. The first-order valence-corrected chi connectivity index (χ1v) is 11.8. The van der Waals surface area contributed by atoms with Gasteiger partial charge in [-0.1, -0.05) is 26.0 Å². The lowest BCUT2D eigenvalue weighted by Crippen LogP contribution is -2.33. The minimum absolute atomic E-state index is 0.0634. The molecule has 0 atom stereocenters. The molecular weight excluding hydrogens is 412 g/mol. The van der Waals surface area contributed by atoms with Crippen LogP contribution in [0.4, 0.5) is 5.69 Å². The number of aromatic nitrogens is 2. The number of nitro benzene ring substituents is 1. The van der Waals surface area contributed by atoms with E-state index in [0.717, 1.165) is 60.5 Å². The fourth-order valence-electron chi connectivity index (χ4n) is 4.35. The SMILES string of the molecule is CCN(CC)CCn1c(Cc2ccc([N+](=O)[O-])cc2)nc2sc3c(c2c1=O)CCCC3. The van der Waals surface area contributed by atoms with Crippen molar-refractivity contribution in [3.8, 4) is 0 Å². The fourth-order valence-corrected chi connectivity index (χ4v) is 5.62. The van der Waals surface area contributed by atoms with Crippen LogP contribution >= 0.6 is 11.3 Å². The monoisotopic (exact) mass is 440 g/mol. The summed E-state index contributed by atoms with van der Waals surface area (Å²) in [5, 5.41) is 11.8. The molecule has 3 aromatic rings. The van der Waals surface area contributed by atoms with Crippen molar-refractivity contribution in [1.29, 1.82) is 0 Å². The van der Waals surface area contributed by atoms with Gasteiger partial charge in [0.15, 0.2) is 0 Å². The van der Waals surface area contributed by atoms with E-state index in [1.54, 1.807) is 23.5 Å². The van der Waals surface area contributed by atoms with Gasteiger partial charge in [0.1, 0.15) is 10.7 Å². The van der Waals surface area contributed by atoms with Gasteiger partial charge in [-0.15, -0.1) is 11.3 Å². The Hall–Kier alpha value is -2.58. The van der Waals surface area contributed by atoms with Crippen molar-refractivity contribution in [3.05, 3.63) is 66.6 Å². The summed E-state index contributed by atoms with van der Waals surface area (Å²) in [6.07, 6.45) is 4.77. The predicted molar refractivity (Wildman–Crippen MR) is 124 cm³/mol. The van der Waals surface area contributed by atoms with Crippen molar-refractivity contribution in [2.24, 2.45) is 0 Å². The minimum atomic E-state index is -0.399. The van der Waals surface area contributed by atoms with Crippen LogP contribution < -0.4 is 5.56 Å². The van der Waals surface area contributed by atoms with Gasteiger partial charge >= 0.3 is 0 Å². The van der Waals surface area contributed by atoms with Crippen LogP contribution in [0.1, 0.15) is 48.5 Å².